The molecule has 0 radical (unpaired) electrons. The molecular formula is C51H52Cl2F12Zr. The Balaban J connectivity index is 0.00000360. The van der Waals surface area contributed by atoms with Gasteiger partial charge in [0.1, 0.15) is 0 Å². The molecule has 0 amide bonds. The van der Waals surface area contributed by atoms with Gasteiger partial charge in [-0.2, -0.15) is 0 Å². The second-order valence-electron chi connectivity index (χ2n) is 20.6. The molecule has 0 bridgehead atoms. The fourth-order valence-electron chi connectivity index (χ4n) is 13.7. The van der Waals surface area contributed by atoms with E-state index >= 15 is 52.7 Å². The summed E-state index contributed by atoms with van der Waals surface area (Å²) in [6.45, 7) is 15.6. The number of halogens is 14. The molecule has 5 aliphatic rings. The Labute approximate surface area is 390 Å². The maximum atomic E-state index is 15.3. The van der Waals surface area contributed by atoms with Gasteiger partial charge in [0.05, 0.1) is 0 Å². The van der Waals surface area contributed by atoms with Crippen LogP contribution in [0.5, 0.6) is 0 Å². The second kappa shape index (κ2) is 15.4. The summed E-state index contributed by atoms with van der Waals surface area (Å²) in [6, 6.07) is 9.81. The summed E-state index contributed by atoms with van der Waals surface area (Å²) in [5.74, 6) is -0.329. The molecule has 8 rings (SSSR count). The predicted molar refractivity (Wildman–Crippen MR) is 239 cm³/mol. The van der Waals surface area contributed by atoms with Gasteiger partial charge in [-0.05, 0) is 0 Å². The molecule has 0 nitrogen and oxygen atoms in total. The van der Waals surface area contributed by atoms with Gasteiger partial charge >= 0.3 is 368 Å². The van der Waals surface area contributed by atoms with Crippen molar-refractivity contribution in [1.82, 2.24) is 0 Å². The summed E-state index contributed by atoms with van der Waals surface area (Å²) in [6.07, 6.45) is -11.6. The summed E-state index contributed by atoms with van der Waals surface area (Å²) in [7, 11) is 0. The Kier molecular flexibility index (Phi) is 12.2. The van der Waals surface area contributed by atoms with Crippen LogP contribution in [0.25, 0.3) is 5.57 Å². The van der Waals surface area contributed by atoms with Crippen molar-refractivity contribution in [3.8, 4) is 0 Å². The van der Waals surface area contributed by atoms with E-state index in [0.717, 1.165) is 27.8 Å². The Morgan fingerprint density at radius 2 is 1.08 bits per heavy atom. The quantitative estimate of drug-likeness (QED) is 0.229. The van der Waals surface area contributed by atoms with Crippen LogP contribution in [0.3, 0.4) is 0 Å². The topological polar surface area (TPSA) is 0 Å². The van der Waals surface area contributed by atoms with Crippen molar-refractivity contribution in [2.24, 2.45) is 27.6 Å². The molecule has 3 unspecified atom stereocenters. The Morgan fingerprint density at radius 1 is 0.606 bits per heavy atom. The first kappa shape index (κ1) is 52.2. The van der Waals surface area contributed by atoms with Gasteiger partial charge in [0.25, 0.3) is 0 Å². The third-order valence-corrected chi connectivity index (χ3v) is 37.9. The number of hydrogen-bond acceptors (Lipinski definition) is 0. The maximum absolute atomic E-state index is 15.3. The zero-order valence-electron chi connectivity index (χ0n) is 37.6. The molecule has 0 heterocycles. The minimum atomic E-state index is -7.68. The molecule has 1 saturated carbocycles. The standard InChI is InChI=1S/C29H37.2C8H3F6.C5H5.CH2.2ClH.Zr/c1-18-25-22-17-19-13-9-10-14-20(19)24(22)21-15-11-12-16-23(21)29(25,8)28(6,7)27(4,5)26(18,2)3;2*9-7(10,11)5-2-1-3-6(4-5)8(12,13)14;1-2-4-5-3-1;;;;/h9-11,13-15,23H,12,16-17H2,1-8H3;2*2-4H;1-3H,4H2;1H2;2*1H;. The third-order valence-electron chi connectivity index (χ3n) is 18.3. The fourth-order valence-corrected chi connectivity index (χ4v) is 34.5. The Hall–Kier alpha value is -3.15. The average Bonchev–Trinajstić information content (AvgIpc) is 3.88. The summed E-state index contributed by atoms with van der Waals surface area (Å²) in [5, 5.41) is 0. The van der Waals surface area contributed by atoms with E-state index in [2.05, 4.69) is 32.9 Å². The van der Waals surface area contributed by atoms with Crippen LogP contribution in [0.1, 0.15) is 108 Å². The van der Waals surface area contributed by atoms with Gasteiger partial charge in [0.2, 0.25) is 0 Å². The van der Waals surface area contributed by atoms with Crippen LogP contribution >= 0.6 is 24.8 Å². The van der Waals surface area contributed by atoms with Crippen LogP contribution in [0, 0.1) is 27.6 Å². The van der Waals surface area contributed by atoms with E-state index in [4.69, 9.17) is 4.21 Å². The van der Waals surface area contributed by atoms with Crippen molar-refractivity contribution < 1.29 is 71.0 Å². The molecule has 15 heteroatoms. The van der Waals surface area contributed by atoms with Gasteiger partial charge in [0.15, 0.2) is 0 Å². The second-order valence-corrected chi connectivity index (χ2v) is 34.7. The molecule has 0 aliphatic heterocycles. The molecule has 0 spiro atoms. The van der Waals surface area contributed by atoms with Crippen LogP contribution in [-0.2, 0) is 49.4 Å². The first-order chi connectivity index (χ1) is 29.1. The molecule has 3 aromatic rings. The van der Waals surface area contributed by atoms with Crippen LogP contribution in [0.15, 0.2) is 111 Å². The van der Waals surface area contributed by atoms with E-state index in [0.29, 0.717) is 42.7 Å². The summed E-state index contributed by atoms with van der Waals surface area (Å²) in [4.78, 5) is 0. The monoisotopic (exact) mass is 1050 g/mol. The molecule has 0 saturated heterocycles. The van der Waals surface area contributed by atoms with Gasteiger partial charge in [0, 0.05) is 0 Å². The van der Waals surface area contributed by atoms with Crippen molar-refractivity contribution in [1.29, 1.82) is 0 Å². The molecule has 1 fully saturated rings. The Bertz CT molecular complexity index is 2610. The van der Waals surface area contributed by atoms with Crippen molar-refractivity contribution >= 4 is 41.1 Å². The van der Waals surface area contributed by atoms with Gasteiger partial charge in [-0.3, -0.25) is 0 Å². The summed E-state index contributed by atoms with van der Waals surface area (Å²) >= 11 is -7.68. The molecule has 66 heavy (non-hydrogen) atoms. The van der Waals surface area contributed by atoms with E-state index in [1.807, 2.05) is 52.0 Å². The van der Waals surface area contributed by atoms with E-state index in [-0.39, 0.29) is 59.0 Å². The van der Waals surface area contributed by atoms with Gasteiger partial charge in [-0.1, -0.05) is 0 Å². The fraction of sp³-hybridized carbons (Fsp3) is 0.431. The molecule has 0 aromatic heterocycles. The number of rotatable bonds is 4. The molecule has 3 atom stereocenters. The number of hydrogen-bond donors (Lipinski definition) is 0. The van der Waals surface area contributed by atoms with Crippen LogP contribution in [0.2, 0.25) is 3.12 Å². The van der Waals surface area contributed by atoms with Crippen LogP contribution in [-0.4, -0.2) is 4.21 Å². The normalized spacial score (nSPS) is 25.6. The first-order valence-corrected chi connectivity index (χ1v) is 28.0. The number of fused-ring (bicyclic) bond motifs is 6. The van der Waals surface area contributed by atoms with Crippen molar-refractivity contribution in [3.05, 3.63) is 144 Å². The third kappa shape index (κ3) is 6.45. The van der Waals surface area contributed by atoms with E-state index in [9.17, 15) is 0 Å². The molecule has 358 valence electrons. The van der Waals surface area contributed by atoms with E-state index in [1.54, 1.807) is 13.0 Å². The first-order valence-electron chi connectivity index (χ1n) is 21.4. The predicted octanol–water partition coefficient (Wildman–Crippen LogP) is 16.1. The summed E-state index contributed by atoms with van der Waals surface area (Å²) < 4.78 is 186. The molecule has 0 N–H and O–H groups in total. The summed E-state index contributed by atoms with van der Waals surface area (Å²) in [5.41, 5.74) is -6.15. The van der Waals surface area contributed by atoms with Gasteiger partial charge < -0.3 is 0 Å². The number of allylic oxidation sites excluding steroid dienone is 10. The SMILES string of the molecule is Cl.Cl.[CH2]=[Zr]([C]1=CC=CC1)([c]1cc(C(F)(F)F)cc(C(F)(F)F)c1)([c]1cc(C(F)(F)F)cc(C(F)(F)F)c1)[C]1(C)C2=C3Cc4ccccc4C3=C3C=CCCC3C2(C)C(C)(C)C(C)(C)C1(C)C. The van der Waals surface area contributed by atoms with Crippen molar-refractivity contribution in [3.63, 3.8) is 0 Å². The minimum absolute atomic E-state index is 0. The van der Waals surface area contributed by atoms with Crippen molar-refractivity contribution in [2.45, 2.75) is 109 Å². The van der Waals surface area contributed by atoms with Gasteiger partial charge in [-0.15, -0.1) is 24.8 Å². The van der Waals surface area contributed by atoms with E-state index < -0.39 is 96.6 Å². The van der Waals surface area contributed by atoms with E-state index in [1.165, 1.54) is 12.2 Å². The van der Waals surface area contributed by atoms with Gasteiger partial charge in [-0.25, -0.2) is 0 Å². The Morgan fingerprint density at radius 3 is 1.52 bits per heavy atom. The molecular weight excluding hydrogens is 1000 g/mol. The average molecular weight is 1060 g/mol. The zero-order chi connectivity index (χ0) is 47.5. The molecule has 5 aliphatic carbocycles. The zero-order valence-corrected chi connectivity index (χ0v) is 41.7. The van der Waals surface area contributed by atoms with Crippen LogP contribution < -0.4 is 6.54 Å². The number of alkyl halides is 12. The van der Waals surface area contributed by atoms with Crippen LogP contribution in [0.4, 0.5) is 52.7 Å². The molecule has 3 aromatic carbocycles. The van der Waals surface area contributed by atoms with Crippen molar-refractivity contribution in [2.75, 3.05) is 0 Å². The number of benzene rings is 3.